The van der Waals surface area contributed by atoms with Crippen molar-refractivity contribution in [3.05, 3.63) is 23.5 Å². The number of halogens is 1. The minimum atomic E-state index is -0.993. The third kappa shape index (κ3) is 1.49. The monoisotopic (exact) mass is 211 g/mol. The van der Waals surface area contributed by atoms with E-state index in [2.05, 4.69) is 5.32 Å². The number of hydrogen-bond acceptors (Lipinski definition) is 3. The fourth-order valence-corrected chi connectivity index (χ4v) is 1.73. The summed E-state index contributed by atoms with van der Waals surface area (Å²) in [6.07, 6.45) is 0.242. The number of fused-ring (bicyclic) bond motifs is 1. The number of nitrogens with one attached hydrogen (secondary N) is 1. The van der Waals surface area contributed by atoms with Crippen molar-refractivity contribution in [1.82, 2.24) is 0 Å². The lowest BCUT2D eigenvalue weighted by Crippen LogP contribution is -2.26. The van der Waals surface area contributed by atoms with Crippen LogP contribution in [0.15, 0.2) is 12.1 Å². The van der Waals surface area contributed by atoms with Crippen molar-refractivity contribution in [2.45, 2.75) is 12.5 Å². The second-order valence-corrected chi connectivity index (χ2v) is 3.34. The number of benzene rings is 1. The van der Waals surface area contributed by atoms with E-state index in [1.54, 1.807) is 0 Å². The lowest BCUT2D eigenvalue weighted by atomic mass is 10.1. The van der Waals surface area contributed by atoms with Crippen molar-refractivity contribution < 1.29 is 19.0 Å². The highest BCUT2D eigenvalue weighted by Crippen LogP contribution is 2.35. The number of carboxylic acid groups (broad SMARTS) is 1. The summed E-state index contributed by atoms with van der Waals surface area (Å²) >= 11 is 0. The van der Waals surface area contributed by atoms with E-state index in [-0.39, 0.29) is 12.1 Å². The van der Waals surface area contributed by atoms with Gasteiger partial charge >= 0.3 is 5.97 Å². The second kappa shape index (κ2) is 3.42. The molecule has 0 fully saturated rings. The Balaban J connectivity index is 2.43. The Hall–Kier alpha value is -1.78. The molecular weight excluding hydrogens is 201 g/mol. The molecule has 1 heterocycles. The van der Waals surface area contributed by atoms with Gasteiger partial charge in [0.05, 0.1) is 12.8 Å². The van der Waals surface area contributed by atoms with E-state index in [0.717, 1.165) is 0 Å². The molecule has 0 saturated heterocycles. The van der Waals surface area contributed by atoms with Crippen molar-refractivity contribution in [2.75, 3.05) is 12.4 Å². The maximum Gasteiger partial charge on any atom is 0.326 e. The number of carboxylic acids is 1. The largest absolute Gasteiger partial charge is 0.496 e. The molecule has 0 amide bonds. The molecule has 1 aliphatic rings. The number of aliphatic carboxylic acids is 1. The van der Waals surface area contributed by atoms with Crippen LogP contribution in [-0.4, -0.2) is 24.2 Å². The Labute approximate surface area is 85.7 Å². The average molecular weight is 211 g/mol. The van der Waals surface area contributed by atoms with E-state index < -0.39 is 17.8 Å². The van der Waals surface area contributed by atoms with Gasteiger partial charge < -0.3 is 15.2 Å². The number of rotatable bonds is 2. The van der Waals surface area contributed by atoms with Crippen LogP contribution in [0.2, 0.25) is 0 Å². The van der Waals surface area contributed by atoms with E-state index >= 15 is 0 Å². The molecular formula is C10H10FNO3. The Morgan fingerprint density at radius 3 is 3.00 bits per heavy atom. The summed E-state index contributed by atoms with van der Waals surface area (Å²) < 4.78 is 18.4. The highest BCUT2D eigenvalue weighted by molar-refractivity contribution is 5.82. The third-order valence-electron chi connectivity index (χ3n) is 2.46. The zero-order valence-electron chi connectivity index (χ0n) is 8.08. The van der Waals surface area contributed by atoms with E-state index in [9.17, 15) is 9.18 Å². The summed E-state index contributed by atoms with van der Waals surface area (Å²) in [5.41, 5.74) is 0.826. The van der Waals surface area contributed by atoms with Gasteiger partial charge in [-0.1, -0.05) is 0 Å². The third-order valence-corrected chi connectivity index (χ3v) is 2.46. The van der Waals surface area contributed by atoms with E-state index in [4.69, 9.17) is 9.84 Å². The summed E-state index contributed by atoms with van der Waals surface area (Å²) in [4.78, 5) is 10.8. The SMILES string of the molecule is COc1ccc(F)c2c1CC(C(=O)O)N2. The first-order valence-corrected chi connectivity index (χ1v) is 4.48. The molecule has 1 atom stereocenters. The van der Waals surface area contributed by atoms with Gasteiger partial charge in [-0.25, -0.2) is 9.18 Å². The van der Waals surface area contributed by atoms with Crippen molar-refractivity contribution >= 4 is 11.7 Å². The molecule has 2 N–H and O–H groups in total. The standard InChI is InChI=1S/C10H10FNO3/c1-15-8-3-2-6(11)9-5(8)4-7(12-9)10(13)14/h2-3,7,12H,4H2,1H3,(H,13,14). The normalized spacial score (nSPS) is 18.1. The molecule has 0 aliphatic carbocycles. The molecule has 1 aromatic rings. The van der Waals surface area contributed by atoms with Crippen molar-refractivity contribution in [1.29, 1.82) is 0 Å². The Kier molecular flexibility index (Phi) is 2.22. The molecule has 1 aromatic carbocycles. The highest BCUT2D eigenvalue weighted by atomic mass is 19.1. The van der Waals surface area contributed by atoms with Crippen LogP contribution in [-0.2, 0) is 11.2 Å². The molecule has 0 bridgehead atoms. The highest BCUT2D eigenvalue weighted by Gasteiger charge is 2.30. The Morgan fingerprint density at radius 2 is 2.40 bits per heavy atom. The van der Waals surface area contributed by atoms with Gasteiger partial charge in [0.2, 0.25) is 0 Å². The van der Waals surface area contributed by atoms with Crippen molar-refractivity contribution in [2.24, 2.45) is 0 Å². The molecule has 1 aliphatic heterocycles. The first-order valence-electron chi connectivity index (χ1n) is 4.48. The van der Waals surface area contributed by atoms with Gasteiger partial charge in [-0.15, -0.1) is 0 Å². The maximum absolute atomic E-state index is 13.3. The number of ether oxygens (including phenoxy) is 1. The second-order valence-electron chi connectivity index (χ2n) is 3.34. The lowest BCUT2D eigenvalue weighted by Gasteiger charge is -2.06. The topological polar surface area (TPSA) is 58.6 Å². The summed E-state index contributed by atoms with van der Waals surface area (Å²) in [7, 11) is 1.47. The molecule has 5 heteroatoms. The molecule has 4 nitrogen and oxygen atoms in total. The van der Waals surface area contributed by atoms with Crippen LogP contribution in [0.5, 0.6) is 5.75 Å². The van der Waals surface area contributed by atoms with E-state index in [0.29, 0.717) is 11.3 Å². The van der Waals surface area contributed by atoms with Crippen molar-refractivity contribution in [3.8, 4) is 5.75 Å². The molecule has 0 spiro atoms. The minimum Gasteiger partial charge on any atom is -0.496 e. The van der Waals surface area contributed by atoms with E-state index in [1.807, 2.05) is 0 Å². The average Bonchev–Trinajstić information content (AvgIpc) is 2.64. The number of carbonyl (C=O) groups is 1. The Bertz CT molecular complexity index is 419. The lowest BCUT2D eigenvalue weighted by molar-refractivity contribution is -0.137. The zero-order valence-corrected chi connectivity index (χ0v) is 8.08. The number of methoxy groups -OCH3 is 1. The van der Waals surface area contributed by atoms with E-state index in [1.165, 1.54) is 19.2 Å². The summed E-state index contributed by atoms with van der Waals surface area (Å²) in [6, 6.07) is 1.99. The van der Waals surface area contributed by atoms with Crippen LogP contribution in [0, 0.1) is 5.82 Å². The van der Waals surface area contributed by atoms with Gasteiger partial charge in [0.15, 0.2) is 0 Å². The Morgan fingerprint density at radius 1 is 1.67 bits per heavy atom. The molecule has 2 rings (SSSR count). The predicted molar refractivity (Wildman–Crippen MR) is 51.7 cm³/mol. The van der Waals surface area contributed by atoms with Gasteiger partial charge in [0.1, 0.15) is 17.6 Å². The van der Waals surface area contributed by atoms with Gasteiger partial charge in [-0.2, -0.15) is 0 Å². The summed E-state index contributed by atoms with van der Waals surface area (Å²) in [5, 5.41) is 11.4. The number of hydrogen-bond donors (Lipinski definition) is 2. The summed E-state index contributed by atoms with van der Waals surface area (Å²) in [6.45, 7) is 0. The van der Waals surface area contributed by atoms with Crippen LogP contribution in [0.25, 0.3) is 0 Å². The summed E-state index contributed by atoms with van der Waals surface area (Å²) in [5.74, 6) is -0.926. The molecule has 0 radical (unpaired) electrons. The van der Waals surface area contributed by atoms with Gasteiger partial charge in [0.25, 0.3) is 0 Å². The first kappa shape index (κ1) is 9.76. The molecule has 80 valence electrons. The quantitative estimate of drug-likeness (QED) is 0.773. The first-order chi connectivity index (χ1) is 7.13. The molecule has 0 aromatic heterocycles. The molecule has 15 heavy (non-hydrogen) atoms. The minimum absolute atomic E-state index is 0.238. The van der Waals surface area contributed by atoms with Crippen LogP contribution in [0.4, 0.5) is 10.1 Å². The van der Waals surface area contributed by atoms with Crippen LogP contribution < -0.4 is 10.1 Å². The predicted octanol–water partition coefficient (Wildman–Crippen LogP) is 1.26. The van der Waals surface area contributed by atoms with Gasteiger partial charge in [-0.05, 0) is 12.1 Å². The number of anilines is 1. The fraction of sp³-hybridized carbons (Fsp3) is 0.300. The van der Waals surface area contributed by atoms with Crippen LogP contribution >= 0.6 is 0 Å². The molecule has 1 unspecified atom stereocenters. The van der Waals surface area contributed by atoms with Gasteiger partial charge in [-0.3, -0.25) is 0 Å². The van der Waals surface area contributed by atoms with Crippen LogP contribution in [0.1, 0.15) is 5.56 Å². The zero-order chi connectivity index (χ0) is 11.0. The molecule has 0 saturated carbocycles. The van der Waals surface area contributed by atoms with Gasteiger partial charge in [0, 0.05) is 12.0 Å². The smallest absolute Gasteiger partial charge is 0.326 e. The van der Waals surface area contributed by atoms with Crippen LogP contribution in [0.3, 0.4) is 0 Å². The fourth-order valence-electron chi connectivity index (χ4n) is 1.73. The van der Waals surface area contributed by atoms with Crippen molar-refractivity contribution in [3.63, 3.8) is 0 Å². The maximum atomic E-state index is 13.3.